The van der Waals surface area contributed by atoms with Gasteiger partial charge in [0, 0.05) is 26.3 Å². The molecule has 0 spiro atoms. The van der Waals surface area contributed by atoms with Gasteiger partial charge < -0.3 is 15.0 Å². The lowest BCUT2D eigenvalue weighted by Crippen LogP contribution is -2.49. The van der Waals surface area contributed by atoms with E-state index in [-0.39, 0.29) is 0 Å². The number of hydrogen-bond donors (Lipinski definition) is 1. The maximum Gasteiger partial charge on any atom is 0.0474 e. The number of nitrogens with zero attached hydrogens (tertiary/aromatic N) is 1. The average molecular weight is 228 g/mol. The van der Waals surface area contributed by atoms with Crippen molar-refractivity contribution in [3.63, 3.8) is 0 Å². The van der Waals surface area contributed by atoms with Crippen LogP contribution in [0.3, 0.4) is 0 Å². The zero-order valence-electron chi connectivity index (χ0n) is 11.2. The van der Waals surface area contributed by atoms with E-state index in [1.54, 1.807) is 7.11 Å². The first-order chi connectivity index (χ1) is 7.79. The lowest BCUT2D eigenvalue weighted by atomic mass is 9.78. The van der Waals surface area contributed by atoms with Gasteiger partial charge in [-0.15, -0.1) is 0 Å². The summed E-state index contributed by atoms with van der Waals surface area (Å²) >= 11 is 0. The summed E-state index contributed by atoms with van der Waals surface area (Å²) in [5.41, 5.74) is 0. The molecule has 3 heteroatoms. The van der Waals surface area contributed by atoms with Crippen molar-refractivity contribution in [1.29, 1.82) is 0 Å². The molecule has 2 unspecified atom stereocenters. The molecule has 0 aromatic rings. The van der Waals surface area contributed by atoms with Crippen LogP contribution < -0.4 is 5.32 Å². The predicted octanol–water partition coefficient (Wildman–Crippen LogP) is 1.73. The first kappa shape index (κ1) is 13.9. The Morgan fingerprint density at radius 2 is 2.19 bits per heavy atom. The molecule has 1 aliphatic rings. The molecule has 1 fully saturated rings. The van der Waals surface area contributed by atoms with Gasteiger partial charge in [-0.3, -0.25) is 0 Å². The van der Waals surface area contributed by atoms with Gasteiger partial charge in [-0.1, -0.05) is 6.92 Å². The molecule has 0 bridgehead atoms. The van der Waals surface area contributed by atoms with Crippen LogP contribution in [0.1, 0.15) is 32.6 Å². The van der Waals surface area contributed by atoms with Crippen LogP contribution in [0.4, 0.5) is 0 Å². The highest BCUT2D eigenvalue weighted by molar-refractivity contribution is 4.88. The molecule has 1 N–H and O–H groups in total. The molecule has 16 heavy (non-hydrogen) atoms. The Bertz CT molecular complexity index is 163. The first-order valence-electron chi connectivity index (χ1n) is 6.69. The van der Waals surface area contributed by atoms with E-state index in [1.807, 2.05) is 0 Å². The lowest BCUT2D eigenvalue weighted by molar-refractivity contribution is 0.0747. The van der Waals surface area contributed by atoms with E-state index in [0.29, 0.717) is 0 Å². The molecule has 0 radical (unpaired) electrons. The molecule has 1 rings (SSSR count). The summed E-state index contributed by atoms with van der Waals surface area (Å²) in [4.78, 5) is 2.51. The molecule has 96 valence electrons. The van der Waals surface area contributed by atoms with E-state index >= 15 is 0 Å². The van der Waals surface area contributed by atoms with Gasteiger partial charge in [0.15, 0.2) is 0 Å². The van der Waals surface area contributed by atoms with Gasteiger partial charge in [0.2, 0.25) is 0 Å². The molecular weight excluding hydrogens is 200 g/mol. The van der Waals surface area contributed by atoms with Crippen molar-refractivity contribution < 1.29 is 4.74 Å². The molecule has 2 atom stereocenters. The van der Waals surface area contributed by atoms with Crippen molar-refractivity contribution >= 4 is 0 Å². The van der Waals surface area contributed by atoms with E-state index in [0.717, 1.165) is 31.5 Å². The van der Waals surface area contributed by atoms with Crippen LogP contribution in [-0.4, -0.2) is 51.3 Å². The van der Waals surface area contributed by atoms with E-state index in [1.165, 1.54) is 32.4 Å². The zero-order valence-corrected chi connectivity index (χ0v) is 11.2. The van der Waals surface area contributed by atoms with Crippen molar-refractivity contribution in [3.05, 3.63) is 0 Å². The molecule has 0 aromatic heterocycles. The van der Waals surface area contributed by atoms with Crippen LogP contribution >= 0.6 is 0 Å². The summed E-state index contributed by atoms with van der Waals surface area (Å²) in [6.07, 6.45) is 5.16. The zero-order chi connectivity index (χ0) is 11.8. The Balaban J connectivity index is 2.10. The number of rotatable bonds is 9. The third kappa shape index (κ3) is 4.40. The highest BCUT2D eigenvalue weighted by Gasteiger charge is 2.32. The highest BCUT2D eigenvalue weighted by Crippen LogP contribution is 2.30. The van der Waals surface area contributed by atoms with E-state index in [9.17, 15) is 0 Å². The monoisotopic (exact) mass is 228 g/mol. The summed E-state index contributed by atoms with van der Waals surface area (Å²) in [6.45, 7) is 6.64. The average Bonchev–Trinajstić information content (AvgIpc) is 2.23. The number of hydrogen-bond acceptors (Lipinski definition) is 3. The minimum atomic E-state index is 0.807. The SMILES string of the molecule is CCCNCC1CCC1N(C)CCCOC. The van der Waals surface area contributed by atoms with Gasteiger partial charge in [-0.25, -0.2) is 0 Å². The van der Waals surface area contributed by atoms with Crippen molar-refractivity contribution in [2.75, 3.05) is 40.4 Å². The maximum atomic E-state index is 5.09. The largest absolute Gasteiger partial charge is 0.385 e. The Labute approximate surface area is 101 Å². The van der Waals surface area contributed by atoms with E-state index in [2.05, 4.69) is 24.2 Å². The molecule has 1 saturated carbocycles. The molecule has 3 nitrogen and oxygen atoms in total. The fourth-order valence-electron chi connectivity index (χ4n) is 2.46. The second-order valence-electron chi connectivity index (χ2n) is 4.94. The van der Waals surface area contributed by atoms with Crippen LogP contribution in [0, 0.1) is 5.92 Å². The molecule has 0 aliphatic heterocycles. The summed E-state index contributed by atoms with van der Waals surface area (Å²) in [5.74, 6) is 0.874. The Kier molecular flexibility index (Phi) is 7.01. The minimum absolute atomic E-state index is 0.807. The second-order valence-corrected chi connectivity index (χ2v) is 4.94. The fourth-order valence-corrected chi connectivity index (χ4v) is 2.46. The minimum Gasteiger partial charge on any atom is -0.385 e. The van der Waals surface area contributed by atoms with Gasteiger partial charge in [0.25, 0.3) is 0 Å². The number of nitrogens with one attached hydrogen (secondary N) is 1. The van der Waals surface area contributed by atoms with Crippen LogP contribution in [0.5, 0.6) is 0 Å². The van der Waals surface area contributed by atoms with Crippen molar-refractivity contribution in [1.82, 2.24) is 10.2 Å². The first-order valence-corrected chi connectivity index (χ1v) is 6.69. The molecule has 1 aliphatic carbocycles. The summed E-state index contributed by atoms with van der Waals surface area (Å²) < 4.78 is 5.09. The number of ether oxygens (including phenoxy) is 1. The summed E-state index contributed by atoms with van der Waals surface area (Å²) in [7, 11) is 4.03. The fraction of sp³-hybridized carbons (Fsp3) is 1.00. The van der Waals surface area contributed by atoms with Crippen molar-refractivity contribution in [3.8, 4) is 0 Å². The smallest absolute Gasteiger partial charge is 0.0474 e. The molecule has 0 heterocycles. The highest BCUT2D eigenvalue weighted by atomic mass is 16.5. The van der Waals surface area contributed by atoms with Gasteiger partial charge in [0.05, 0.1) is 0 Å². The van der Waals surface area contributed by atoms with Crippen LogP contribution in [0.2, 0.25) is 0 Å². The van der Waals surface area contributed by atoms with Crippen LogP contribution in [-0.2, 0) is 4.74 Å². The molecular formula is C13H28N2O. The standard InChI is InChI=1S/C13H28N2O/c1-4-8-14-11-12-6-7-13(12)15(2)9-5-10-16-3/h12-14H,4-11H2,1-3H3. The number of methoxy groups -OCH3 is 1. The second kappa shape index (κ2) is 8.04. The van der Waals surface area contributed by atoms with Crippen molar-refractivity contribution in [2.45, 2.75) is 38.6 Å². The van der Waals surface area contributed by atoms with Gasteiger partial charge in [-0.2, -0.15) is 0 Å². The normalized spacial score (nSPS) is 24.8. The predicted molar refractivity (Wildman–Crippen MR) is 68.8 cm³/mol. The summed E-state index contributed by atoms with van der Waals surface area (Å²) in [6, 6.07) is 0.807. The van der Waals surface area contributed by atoms with E-state index < -0.39 is 0 Å². The molecule has 0 saturated heterocycles. The van der Waals surface area contributed by atoms with Gasteiger partial charge in [0.1, 0.15) is 0 Å². The topological polar surface area (TPSA) is 24.5 Å². The van der Waals surface area contributed by atoms with Crippen LogP contribution in [0.25, 0.3) is 0 Å². The third-order valence-corrected chi connectivity index (χ3v) is 3.64. The van der Waals surface area contributed by atoms with Gasteiger partial charge >= 0.3 is 0 Å². The Morgan fingerprint density at radius 1 is 1.38 bits per heavy atom. The Hall–Kier alpha value is -0.120. The van der Waals surface area contributed by atoms with Crippen LogP contribution in [0.15, 0.2) is 0 Å². The maximum absolute atomic E-state index is 5.09. The van der Waals surface area contributed by atoms with E-state index in [4.69, 9.17) is 4.74 Å². The third-order valence-electron chi connectivity index (χ3n) is 3.64. The lowest BCUT2D eigenvalue weighted by Gasteiger charge is -2.43. The van der Waals surface area contributed by atoms with Gasteiger partial charge in [-0.05, 0) is 51.7 Å². The quantitative estimate of drug-likeness (QED) is 0.608. The molecule has 0 aromatic carbocycles. The Morgan fingerprint density at radius 3 is 2.75 bits per heavy atom. The molecule has 0 amide bonds. The summed E-state index contributed by atoms with van der Waals surface area (Å²) in [5, 5.41) is 3.54. The van der Waals surface area contributed by atoms with Crippen molar-refractivity contribution in [2.24, 2.45) is 5.92 Å².